The summed E-state index contributed by atoms with van der Waals surface area (Å²) in [6.45, 7) is 3.06. The van der Waals surface area contributed by atoms with Crippen LogP contribution in [0.5, 0.6) is 0 Å². The zero-order chi connectivity index (χ0) is 7.98. The van der Waals surface area contributed by atoms with Gasteiger partial charge in [-0.1, -0.05) is 6.58 Å². The third-order valence-corrected chi connectivity index (χ3v) is 0.809. The number of hydrogen-bond acceptors (Lipinski definition) is 3. The van der Waals surface area contributed by atoms with Crippen molar-refractivity contribution in [3.63, 3.8) is 0 Å². The number of nitrogens with one attached hydrogen (secondary N) is 2. The van der Waals surface area contributed by atoms with Gasteiger partial charge in [0.15, 0.2) is 0 Å². The fourth-order valence-corrected chi connectivity index (χ4v) is 0.415. The fraction of sp³-hybridized carbons (Fsp3) is 0.200. The highest BCUT2D eigenvalue weighted by Crippen LogP contribution is 1.69. The second kappa shape index (κ2) is 4.96. The van der Waals surface area contributed by atoms with Crippen molar-refractivity contribution >= 4 is 23.6 Å². The van der Waals surface area contributed by atoms with Gasteiger partial charge in [0.1, 0.15) is 0 Å². The minimum Gasteiger partial charge on any atom is -0.292 e. The van der Waals surface area contributed by atoms with Crippen molar-refractivity contribution in [1.29, 1.82) is 0 Å². The molecule has 0 fully saturated rings. The Kier molecular flexibility index (Phi) is 4.53. The molecule has 2 N–H and O–H groups in total. The van der Waals surface area contributed by atoms with Crippen molar-refractivity contribution in [3.8, 4) is 0 Å². The van der Waals surface area contributed by atoms with Gasteiger partial charge in [-0.2, -0.15) is 0 Å². The minimum atomic E-state index is -0.531. The molecule has 4 nitrogen and oxygen atoms in total. The predicted octanol–water partition coefficient (Wildman–Crippen LogP) is -0.441. The molecule has 0 heterocycles. The van der Waals surface area contributed by atoms with E-state index in [1.807, 2.05) is 5.32 Å². The molecule has 2 amide bonds. The lowest BCUT2D eigenvalue weighted by atomic mass is 10.5. The normalized spacial score (nSPS) is 8.50. The van der Waals surface area contributed by atoms with Gasteiger partial charge in [-0.15, -0.1) is 0 Å². The molecule has 0 aliphatic heterocycles. The molecule has 0 aromatic carbocycles. The molecule has 0 bridgehead atoms. The molecule has 56 valence electrons. The van der Waals surface area contributed by atoms with Crippen LogP contribution in [-0.2, 0) is 9.59 Å². The monoisotopic (exact) mass is 162 g/mol. The van der Waals surface area contributed by atoms with E-state index in [1.165, 1.54) is 0 Å². The van der Waals surface area contributed by atoms with Gasteiger partial charge in [-0.05, 0) is 17.9 Å². The summed E-state index contributed by atoms with van der Waals surface area (Å²) in [5.74, 6) is -1.02. The van der Waals surface area contributed by atoms with Crippen molar-refractivity contribution in [1.82, 2.24) is 10.2 Å². The smallest absolute Gasteiger partial charge is 0.249 e. The molecule has 0 saturated heterocycles. The second-order valence-electron chi connectivity index (χ2n) is 1.43. The summed E-state index contributed by atoms with van der Waals surface area (Å²) in [6, 6.07) is 0. The summed E-state index contributed by atoms with van der Waals surface area (Å²) in [5, 5.41) is 1.99. The summed E-state index contributed by atoms with van der Waals surface area (Å²) >= 11 is 4.98. The van der Waals surface area contributed by atoms with Gasteiger partial charge in [0.2, 0.25) is 11.8 Å². The summed E-state index contributed by atoms with van der Waals surface area (Å²) in [6.07, 6.45) is 1.01. The predicted molar refractivity (Wildman–Crippen MR) is 37.2 cm³/mol. The van der Waals surface area contributed by atoms with Gasteiger partial charge >= 0.3 is 0 Å². The molecule has 0 aliphatic carbocycles. The van der Waals surface area contributed by atoms with E-state index in [4.69, 9.17) is 11.8 Å². The van der Waals surface area contributed by atoms with Gasteiger partial charge in [0.05, 0.1) is 6.54 Å². The van der Waals surface area contributed by atoms with Crippen molar-refractivity contribution < 1.29 is 9.59 Å². The van der Waals surface area contributed by atoms with Gasteiger partial charge in [-0.25, -0.2) is 4.84 Å². The highest BCUT2D eigenvalue weighted by molar-refractivity contribution is 6.15. The molecule has 0 aromatic heterocycles. The van der Waals surface area contributed by atoms with Gasteiger partial charge in [0.25, 0.3) is 0 Å². The van der Waals surface area contributed by atoms with E-state index in [1.54, 1.807) is 0 Å². The lowest BCUT2D eigenvalue weighted by molar-refractivity contribution is -0.127. The quantitative estimate of drug-likeness (QED) is 0.437. The summed E-state index contributed by atoms with van der Waals surface area (Å²) < 4.78 is 0. The Labute approximate surface area is 63.3 Å². The number of rotatable bonds is 3. The molecule has 0 rings (SSSR count). The van der Waals surface area contributed by atoms with Crippen LogP contribution < -0.4 is 10.2 Å². The molecule has 0 aliphatic rings. The first-order chi connectivity index (χ1) is 4.70. The number of hydrogen-bond donors (Lipinski definition) is 2. The highest BCUT2D eigenvalue weighted by atomic mass is 35.5. The lowest BCUT2D eigenvalue weighted by Gasteiger charge is -1.96. The maximum absolute atomic E-state index is 10.5. The second-order valence-corrected chi connectivity index (χ2v) is 1.69. The highest BCUT2D eigenvalue weighted by Gasteiger charge is 2.01. The Morgan fingerprint density at radius 2 is 2.20 bits per heavy atom. The Morgan fingerprint density at radius 3 is 2.60 bits per heavy atom. The Bertz CT molecular complexity index is 158. The number of carbonyl (C=O) groups excluding carboxylic acids is 2. The standard InChI is InChI=1S/C5H7ClN2O2/c1-2-4(9)8-5(10)3-7-6/h2,7H,1,3H2,(H,8,9,10). The van der Waals surface area contributed by atoms with Crippen LogP contribution in [0.3, 0.4) is 0 Å². The number of amides is 2. The molecule has 0 unspecified atom stereocenters. The van der Waals surface area contributed by atoms with E-state index < -0.39 is 11.8 Å². The molecule has 0 radical (unpaired) electrons. The largest absolute Gasteiger partial charge is 0.292 e. The van der Waals surface area contributed by atoms with Crippen molar-refractivity contribution in [2.75, 3.05) is 6.54 Å². The van der Waals surface area contributed by atoms with Crippen LogP contribution in [0.25, 0.3) is 0 Å². The number of imide groups is 1. The average molecular weight is 163 g/mol. The first-order valence-electron chi connectivity index (χ1n) is 2.50. The zero-order valence-corrected chi connectivity index (χ0v) is 5.94. The zero-order valence-electron chi connectivity index (χ0n) is 5.19. The first-order valence-corrected chi connectivity index (χ1v) is 2.88. The van der Waals surface area contributed by atoms with E-state index in [2.05, 4.69) is 11.4 Å². The molecule has 0 spiro atoms. The van der Waals surface area contributed by atoms with E-state index in [0.29, 0.717) is 0 Å². The molecule has 0 saturated carbocycles. The Balaban J connectivity index is 3.57. The van der Waals surface area contributed by atoms with Crippen molar-refractivity contribution in [2.24, 2.45) is 0 Å². The van der Waals surface area contributed by atoms with Crippen molar-refractivity contribution in [3.05, 3.63) is 12.7 Å². The Morgan fingerprint density at radius 1 is 1.60 bits per heavy atom. The SMILES string of the molecule is C=CC(=O)NC(=O)CNCl. The molecule has 5 heteroatoms. The third-order valence-electron chi connectivity index (χ3n) is 0.675. The van der Waals surface area contributed by atoms with Crippen LogP contribution in [0.15, 0.2) is 12.7 Å². The van der Waals surface area contributed by atoms with E-state index in [9.17, 15) is 9.59 Å². The first kappa shape index (κ1) is 9.13. The third kappa shape index (κ3) is 4.05. The summed E-state index contributed by atoms with van der Waals surface area (Å²) in [7, 11) is 0. The van der Waals surface area contributed by atoms with Gasteiger partial charge < -0.3 is 0 Å². The molecule has 10 heavy (non-hydrogen) atoms. The van der Waals surface area contributed by atoms with E-state index in [0.717, 1.165) is 6.08 Å². The topological polar surface area (TPSA) is 58.2 Å². The maximum Gasteiger partial charge on any atom is 0.249 e. The average Bonchev–Trinajstić information content (AvgIpc) is 1.88. The van der Waals surface area contributed by atoms with Crippen molar-refractivity contribution in [2.45, 2.75) is 0 Å². The van der Waals surface area contributed by atoms with Crippen LogP contribution in [0.2, 0.25) is 0 Å². The molecular formula is C5H7ClN2O2. The van der Waals surface area contributed by atoms with Gasteiger partial charge in [0, 0.05) is 0 Å². The molecular weight excluding hydrogens is 156 g/mol. The van der Waals surface area contributed by atoms with Crippen LogP contribution in [-0.4, -0.2) is 18.4 Å². The Hall–Kier alpha value is -0.870. The fourth-order valence-electron chi connectivity index (χ4n) is 0.293. The van der Waals surface area contributed by atoms with Crippen LogP contribution in [0.4, 0.5) is 0 Å². The maximum atomic E-state index is 10.5. The van der Waals surface area contributed by atoms with E-state index in [-0.39, 0.29) is 6.54 Å². The van der Waals surface area contributed by atoms with Gasteiger partial charge in [-0.3, -0.25) is 14.9 Å². The number of halogens is 1. The van der Waals surface area contributed by atoms with Crippen LogP contribution in [0.1, 0.15) is 0 Å². The van der Waals surface area contributed by atoms with Crippen LogP contribution >= 0.6 is 11.8 Å². The summed E-state index contributed by atoms with van der Waals surface area (Å²) in [4.78, 5) is 22.9. The molecule has 0 aromatic rings. The lowest BCUT2D eigenvalue weighted by Crippen LogP contribution is -2.34. The van der Waals surface area contributed by atoms with E-state index >= 15 is 0 Å². The number of carbonyl (C=O) groups is 2. The van der Waals surface area contributed by atoms with Crippen LogP contribution in [0, 0.1) is 0 Å². The summed E-state index contributed by atoms with van der Waals surface area (Å²) in [5.41, 5.74) is 0. The molecule has 0 atom stereocenters. The minimum absolute atomic E-state index is 0.0961.